The Hall–Kier alpha value is -1.64. The predicted octanol–water partition coefficient (Wildman–Crippen LogP) is 4.55. The van der Waals surface area contributed by atoms with Crippen LogP contribution >= 0.6 is 0 Å². The molecule has 0 heterocycles. The third-order valence-electron chi connectivity index (χ3n) is 4.11. The molecule has 0 spiro atoms. The molecule has 3 nitrogen and oxygen atoms in total. The Bertz CT molecular complexity index is 440. The van der Waals surface area contributed by atoms with Crippen LogP contribution in [0.4, 0.5) is 0 Å². The summed E-state index contributed by atoms with van der Waals surface area (Å²) in [5.74, 6) is -0.269. The molecule has 1 aliphatic carbocycles. The van der Waals surface area contributed by atoms with Crippen LogP contribution in [-0.4, -0.2) is 18.4 Å². The maximum atomic E-state index is 12.2. The van der Waals surface area contributed by atoms with E-state index in [0.717, 1.165) is 32.0 Å². The molecule has 0 N–H and O–H groups in total. The molecule has 0 saturated heterocycles. The quantitative estimate of drug-likeness (QED) is 0.605. The van der Waals surface area contributed by atoms with E-state index in [9.17, 15) is 9.59 Å². The normalized spacial score (nSPS) is 17.9. The number of hydrogen-bond acceptors (Lipinski definition) is 3. The number of ether oxygens (including phenoxy) is 1. The van der Waals surface area contributed by atoms with Crippen molar-refractivity contribution < 1.29 is 14.3 Å². The van der Waals surface area contributed by atoms with Gasteiger partial charge in [-0.1, -0.05) is 44.2 Å². The van der Waals surface area contributed by atoms with E-state index in [-0.39, 0.29) is 12.1 Å². The van der Waals surface area contributed by atoms with E-state index < -0.39 is 0 Å². The zero-order chi connectivity index (χ0) is 14.9. The van der Waals surface area contributed by atoms with E-state index in [4.69, 9.17) is 4.74 Å². The van der Waals surface area contributed by atoms with Crippen molar-refractivity contribution in [1.82, 2.24) is 0 Å². The molecule has 0 amide bonds. The molecule has 0 atom stereocenters. The monoisotopic (exact) mass is 288 g/mol. The molecule has 1 aromatic rings. The van der Waals surface area contributed by atoms with Crippen LogP contribution in [-0.2, 0) is 4.74 Å². The first-order chi connectivity index (χ1) is 10.3. The second-order valence-electron chi connectivity index (χ2n) is 5.82. The summed E-state index contributed by atoms with van der Waals surface area (Å²) in [5, 5.41) is 0. The number of esters is 1. The van der Waals surface area contributed by atoms with Crippen molar-refractivity contribution in [3.05, 3.63) is 35.4 Å². The lowest BCUT2D eigenvalue weighted by atomic mass is 9.99. The highest BCUT2D eigenvalue weighted by Gasteiger charge is 2.16. The van der Waals surface area contributed by atoms with Gasteiger partial charge in [0.2, 0.25) is 0 Å². The molecule has 1 aromatic carbocycles. The van der Waals surface area contributed by atoms with Crippen molar-refractivity contribution in [2.45, 2.75) is 63.9 Å². The minimum atomic E-state index is -0.269. The van der Waals surface area contributed by atoms with Gasteiger partial charge in [-0.3, -0.25) is 4.79 Å². The van der Waals surface area contributed by atoms with E-state index in [1.165, 1.54) is 32.1 Å². The van der Waals surface area contributed by atoms with Gasteiger partial charge in [0.15, 0.2) is 0 Å². The van der Waals surface area contributed by atoms with Crippen molar-refractivity contribution >= 4 is 12.3 Å². The summed E-state index contributed by atoms with van der Waals surface area (Å²) in [5.41, 5.74) is 1.10. The molecule has 114 valence electrons. The Kier molecular flexibility index (Phi) is 6.45. The topological polar surface area (TPSA) is 43.4 Å². The van der Waals surface area contributed by atoms with Crippen LogP contribution < -0.4 is 0 Å². The molecule has 1 fully saturated rings. The molecule has 1 aliphatic rings. The summed E-state index contributed by atoms with van der Waals surface area (Å²) >= 11 is 0. The van der Waals surface area contributed by atoms with E-state index in [1.807, 2.05) is 0 Å². The second kappa shape index (κ2) is 8.60. The fourth-order valence-corrected chi connectivity index (χ4v) is 2.81. The minimum Gasteiger partial charge on any atom is -0.459 e. The third kappa shape index (κ3) is 5.33. The summed E-state index contributed by atoms with van der Waals surface area (Å²) < 4.78 is 5.66. The van der Waals surface area contributed by atoms with Crippen LogP contribution in [0.5, 0.6) is 0 Å². The summed E-state index contributed by atoms with van der Waals surface area (Å²) in [6, 6.07) is 6.62. The van der Waals surface area contributed by atoms with Crippen molar-refractivity contribution in [3.63, 3.8) is 0 Å². The number of aldehydes is 1. The zero-order valence-corrected chi connectivity index (χ0v) is 12.6. The molecule has 0 aromatic heterocycles. The smallest absolute Gasteiger partial charge is 0.338 e. The van der Waals surface area contributed by atoms with Gasteiger partial charge in [0, 0.05) is 5.56 Å². The number of rotatable bonds is 3. The van der Waals surface area contributed by atoms with Gasteiger partial charge >= 0.3 is 5.97 Å². The number of carbonyl (C=O) groups excluding carboxylic acids is 2. The van der Waals surface area contributed by atoms with Crippen molar-refractivity contribution in [2.24, 2.45) is 0 Å². The standard InChI is InChI=1S/C18H24O3/c19-14-15-10-12-16(13-11-15)18(20)21-17-8-6-4-2-1-3-5-7-9-17/h10-14,17H,1-9H2. The Morgan fingerprint density at radius 1 is 0.905 bits per heavy atom. The molecule has 0 unspecified atom stereocenters. The lowest BCUT2D eigenvalue weighted by Gasteiger charge is -2.19. The van der Waals surface area contributed by atoms with Gasteiger partial charge in [0.05, 0.1) is 5.56 Å². The summed E-state index contributed by atoms with van der Waals surface area (Å²) in [4.78, 5) is 22.8. The first-order valence-corrected chi connectivity index (χ1v) is 8.06. The lowest BCUT2D eigenvalue weighted by Crippen LogP contribution is -2.19. The molecule has 0 aliphatic heterocycles. The highest BCUT2D eigenvalue weighted by molar-refractivity contribution is 5.90. The van der Waals surface area contributed by atoms with Gasteiger partial charge < -0.3 is 4.74 Å². The molecule has 1 saturated carbocycles. The largest absolute Gasteiger partial charge is 0.459 e. The van der Waals surface area contributed by atoms with E-state index in [2.05, 4.69) is 0 Å². The number of carbonyl (C=O) groups is 2. The Morgan fingerprint density at radius 2 is 1.43 bits per heavy atom. The fraction of sp³-hybridized carbons (Fsp3) is 0.556. The molecule has 21 heavy (non-hydrogen) atoms. The van der Waals surface area contributed by atoms with Gasteiger partial charge in [-0.2, -0.15) is 0 Å². The van der Waals surface area contributed by atoms with E-state index >= 15 is 0 Å². The van der Waals surface area contributed by atoms with Gasteiger partial charge in [-0.15, -0.1) is 0 Å². The van der Waals surface area contributed by atoms with Gasteiger partial charge in [0.25, 0.3) is 0 Å². The van der Waals surface area contributed by atoms with Crippen molar-refractivity contribution in [3.8, 4) is 0 Å². The first-order valence-electron chi connectivity index (χ1n) is 8.06. The average molecular weight is 288 g/mol. The van der Waals surface area contributed by atoms with Crippen LogP contribution in [0.15, 0.2) is 24.3 Å². The van der Waals surface area contributed by atoms with E-state index in [1.54, 1.807) is 24.3 Å². The Balaban J connectivity index is 1.90. The number of benzene rings is 1. The zero-order valence-electron chi connectivity index (χ0n) is 12.6. The van der Waals surface area contributed by atoms with Crippen LogP contribution in [0.25, 0.3) is 0 Å². The van der Waals surface area contributed by atoms with Crippen LogP contribution in [0.1, 0.15) is 78.5 Å². The van der Waals surface area contributed by atoms with Crippen molar-refractivity contribution in [2.75, 3.05) is 0 Å². The minimum absolute atomic E-state index is 0.0429. The molecule has 0 bridgehead atoms. The maximum absolute atomic E-state index is 12.2. The SMILES string of the molecule is O=Cc1ccc(C(=O)OC2CCCCCCCCC2)cc1. The molecule has 0 radical (unpaired) electrons. The predicted molar refractivity (Wildman–Crippen MR) is 82.6 cm³/mol. The Labute approximate surface area is 126 Å². The molecular formula is C18H24O3. The lowest BCUT2D eigenvalue weighted by molar-refractivity contribution is 0.0246. The number of hydrogen-bond donors (Lipinski definition) is 0. The highest BCUT2D eigenvalue weighted by atomic mass is 16.5. The average Bonchev–Trinajstić information content (AvgIpc) is 2.53. The third-order valence-corrected chi connectivity index (χ3v) is 4.11. The summed E-state index contributed by atoms with van der Waals surface area (Å²) in [6.07, 6.45) is 11.5. The fourth-order valence-electron chi connectivity index (χ4n) is 2.81. The summed E-state index contributed by atoms with van der Waals surface area (Å²) in [6.45, 7) is 0. The second-order valence-corrected chi connectivity index (χ2v) is 5.82. The van der Waals surface area contributed by atoms with Crippen LogP contribution in [0.2, 0.25) is 0 Å². The highest BCUT2D eigenvalue weighted by Crippen LogP contribution is 2.20. The Morgan fingerprint density at radius 3 is 1.95 bits per heavy atom. The van der Waals surface area contributed by atoms with Gasteiger partial charge in [-0.05, 0) is 37.8 Å². The first kappa shape index (κ1) is 15.7. The summed E-state index contributed by atoms with van der Waals surface area (Å²) in [7, 11) is 0. The van der Waals surface area contributed by atoms with Gasteiger partial charge in [-0.25, -0.2) is 4.79 Å². The van der Waals surface area contributed by atoms with Crippen molar-refractivity contribution in [1.29, 1.82) is 0 Å². The van der Waals surface area contributed by atoms with E-state index in [0.29, 0.717) is 11.1 Å². The molecular weight excluding hydrogens is 264 g/mol. The van der Waals surface area contributed by atoms with Crippen LogP contribution in [0, 0.1) is 0 Å². The molecule has 2 rings (SSSR count). The van der Waals surface area contributed by atoms with Gasteiger partial charge in [0.1, 0.15) is 12.4 Å². The maximum Gasteiger partial charge on any atom is 0.338 e. The molecule has 3 heteroatoms. The van der Waals surface area contributed by atoms with Crippen LogP contribution in [0.3, 0.4) is 0 Å².